The Labute approximate surface area is 176 Å². The summed E-state index contributed by atoms with van der Waals surface area (Å²) in [7, 11) is 0. The predicted molar refractivity (Wildman–Crippen MR) is 107 cm³/mol. The third kappa shape index (κ3) is 6.74. The highest BCUT2D eigenvalue weighted by molar-refractivity contribution is 8.01. The third-order valence-electron chi connectivity index (χ3n) is 3.36. The minimum absolute atomic E-state index is 0.00205. The molecule has 0 saturated carbocycles. The van der Waals surface area contributed by atoms with Gasteiger partial charge in [-0.05, 0) is 36.4 Å². The topological polar surface area (TPSA) is 93.2 Å². The van der Waals surface area contributed by atoms with Crippen LogP contribution in [0.1, 0.15) is 10.4 Å². The summed E-state index contributed by atoms with van der Waals surface area (Å²) in [4.78, 5) is 24.1. The number of amides is 2. The summed E-state index contributed by atoms with van der Waals surface area (Å²) < 4.78 is 40.7. The number of rotatable bonds is 7. The van der Waals surface area contributed by atoms with Crippen molar-refractivity contribution in [2.75, 3.05) is 16.4 Å². The quantitative estimate of drug-likeness (QED) is 0.406. The molecule has 0 spiro atoms. The van der Waals surface area contributed by atoms with Crippen LogP contribution in [0.2, 0.25) is 0 Å². The number of halogens is 3. The lowest BCUT2D eigenvalue weighted by atomic mass is 10.2. The summed E-state index contributed by atoms with van der Waals surface area (Å²) in [6, 6.07) is 13.4. The molecule has 1 heterocycles. The zero-order valence-corrected chi connectivity index (χ0v) is 16.6. The summed E-state index contributed by atoms with van der Waals surface area (Å²) in [6.45, 7) is 0. The Balaban J connectivity index is 1.46. The van der Waals surface area contributed by atoms with Crippen molar-refractivity contribution in [1.82, 2.24) is 10.2 Å². The molecule has 0 aliphatic rings. The van der Waals surface area contributed by atoms with Crippen molar-refractivity contribution in [3.05, 3.63) is 60.2 Å². The van der Waals surface area contributed by atoms with E-state index in [1.165, 1.54) is 12.1 Å². The highest BCUT2D eigenvalue weighted by atomic mass is 32.2. The first-order chi connectivity index (χ1) is 14.3. The predicted octanol–water partition coefficient (Wildman–Crippen LogP) is 4.42. The number of carbonyl (C=O) groups excluding carboxylic acids is 2. The van der Waals surface area contributed by atoms with Crippen molar-refractivity contribution in [2.24, 2.45) is 0 Å². The van der Waals surface area contributed by atoms with Crippen LogP contribution in [0.3, 0.4) is 0 Å². The lowest BCUT2D eigenvalue weighted by Gasteiger charge is -2.09. The molecule has 0 fully saturated rings. The Morgan fingerprint density at radius 1 is 1.00 bits per heavy atom. The highest BCUT2D eigenvalue weighted by Crippen LogP contribution is 2.27. The summed E-state index contributed by atoms with van der Waals surface area (Å²) in [6.07, 6.45) is -4.78. The molecule has 7 nitrogen and oxygen atoms in total. The van der Waals surface area contributed by atoms with Gasteiger partial charge >= 0.3 is 6.36 Å². The van der Waals surface area contributed by atoms with Gasteiger partial charge in [0, 0.05) is 11.3 Å². The van der Waals surface area contributed by atoms with Crippen molar-refractivity contribution in [1.29, 1.82) is 0 Å². The number of nitrogens with one attached hydrogen (secondary N) is 2. The van der Waals surface area contributed by atoms with E-state index in [2.05, 4.69) is 25.6 Å². The van der Waals surface area contributed by atoms with E-state index in [4.69, 9.17) is 0 Å². The second-order valence-electron chi connectivity index (χ2n) is 5.60. The van der Waals surface area contributed by atoms with E-state index in [1.54, 1.807) is 30.3 Å². The largest absolute Gasteiger partial charge is 0.573 e. The van der Waals surface area contributed by atoms with E-state index in [-0.39, 0.29) is 23.3 Å². The summed E-state index contributed by atoms with van der Waals surface area (Å²) >= 11 is 2.23. The fraction of sp³-hybridized carbons (Fsp3) is 0.111. The lowest BCUT2D eigenvalue weighted by Crippen LogP contribution is -2.17. The van der Waals surface area contributed by atoms with E-state index in [0.717, 1.165) is 35.2 Å². The number of nitrogens with zero attached hydrogens (tertiary/aromatic N) is 2. The van der Waals surface area contributed by atoms with Gasteiger partial charge in [0.2, 0.25) is 11.0 Å². The Morgan fingerprint density at radius 3 is 2.37 bits per heavy atom. The molecule has 0 bridgehead atoms. The standard InChI is InChI=1S/C18H13F3N4O3S2/c19-18(20,21)28-13-8-6-12(7-9-13)22-14(26)10-29-17-25-24-16(30-17)23-15(27)11-4-2-1-3-5-11/h1-9H,10H2,(H,22,26)(H,23,24,27). The molecule has 0 aliphatic carbocycles. The maximum Gasteiger partial charge on any atom is 0.573 e. The Kier molecular flexibility index (Phi) is 6.90. The molecule has 2 amide bonds. The van der Waals surface area contributed by atoms with E-state index in [0.29, 0.717) is 20.7 Å². The van der Waals surface area contributed by atoms with Gasteiger partial charge in [-0.15, -0.1) is 23.4 Å². The first-order valence-corrected chi connectivity index (χ1v) is 10.1. The van der Waals surface area contributed by atoms with Crippen LogP contribution in [0.4, 0.5) is 24.0 Å². The van der Waals surface area contributed by atoms with Crippen molar-refractivity contribution >= 4 is 45.7 Å². The number of carbonyl (C=O) groups is 2. The lowest BCUT2D eigenvalue weighted by molar-refractivity contribution is -0.274. The number of alkyl halides is 3. The Hall–Kier alpha value is -3.12. The second kappa shape index (κ2) is 9.59. The molecule has 0 aliphatic heterocycles. The SMILES string of the molecule is O=C(CSc1nnc(NC(=O)c2ccccc2)s1)Nc1ccc(OC(F)(F)F)cc1. The number of anilines is 2. The molecule has 156 valence electrons. The number of hydrogen-bond acceptors (Lipinski definition) is 7. The number of hydrogen-bond donors (Lipinski definition) is 2. The molecule has 3 aromatic rings. The van der Waals surface area contributed by atoms with Crippen molar-refractivity contribution < 1.29 is 27.5 Å². The van der Waals surface area contributed by atoms with Gasteiger partial charge in [0.1, 0.15) is 5.75 Å². The van der Waals surface area contributed by atoms with E-state index in [1.807, 2.05) is 0 Å². The van der Waals surface area contributed by atoms with Crippen LogP contribution < -0.4 is 15.4 Å². The van der Waals surface area contributed by atoms with Crippen LogP contribution in [0, 0.1) is 0 Å². The van der Waals surface area contributed by atoms with Gasteiger partial charge in [-0.1, -0.05) is 41.3 Å². The molecule has 3 rings (SSSR count). The molecule has 0 saturated heterocycles. The van der Waals surface area contributed by atoms with Crippen molar-refractivity contribution in [2.45, 2.75) is 10.7 Å². The molecule has 1 aromatic heterocycles. The van der Waals surface area contributed by atoms with E-state index < -0.39 is 6.36 Å². The number of ether oxygens (including phenoxy) is 1. The normalized spacial score (nSPS) is 11.0. The molecule has 0 radical (unpaired) electrons. The van der Waals surface area contributed by atoms with Gasteiger partial charge in [0.15, 0.2) is 4.34 Å². The van der Waals surface area contributed by atoms with Crippen LogP contribution in [0.25, 0.3) is 0 Å². The number of thioether (sulfide) groups is 1. The van der Waals surface area contributed by atoms with Crippen LogP contribution in [-0.4, -0.2) is 34.1 Å². The van der Waals surface area contributed by atoms with Gasteiger partial charge < -0.3 is 10.1 Å². The first-order valence-electron chi connectivity index (χ1n) is 8.27. The summed E-state index contributed by atoms with van der Waals surface area (Å²) in [5.41, 5.74) is 0.802. The average molecular weight is 454 g/mol. The van der Waals surface area contributed by atoms with Crippen molar-refractivity contribution in [3.8, 4) is 5.75 Å². The zero-order chi connectivity index (χ0) is 21.6. The minimum atomic E-state index is -4.78. The van der Waals surface area contributed by atoms with Crippen LogP contribution in [0.15, 0.2) is 58.9 Å². The molecule has 30 heavy (non-hydrogen) atoms. The molecular weight excluding hydrogens is 441 g/mol. The minimum Gasteiger partial charge on any atom is -0.406 e. The second-order valence-corrected chi connectivity index (χ2v) is 7.80. The van der Waals surface area contributed by atoms with Gasteiger partial charge in [-0.2, -0.15) is 0 Å². The van der Waals surface area contributed by atoms with E-state index >= 15 is 0 Å². The maximum absolute atomic E-state index is 12.1. The number of benzene rings is 2. The van der Waals surface area contributed by atoms with Gasteiger partial charge in [0.05, 0.1) is 5.75 Å². The summed E-state index contributed by atoms with van der Waals surface area (Å²) in [5.74, 6) is -1.08. The third-order valence-corrected chi connectivity index (χ3v) is 5.33. The fourth-order valence-corrected chi connectivity index (χ4v) is 3.69. The maximum atomic E-state index is 12.1. The molecule has 2 aromatic carbocycles. The Bertz CT molecular complexity index is 1010. The van der Waals surface area contributed by atoms with Gasteiger partial charge in [-0.3, -0.25) is 14.9 Å². The molecule has 0 atom stereocenters. The zero-order valence-electron chi connectivity index (χ0n) is 15.0. The first kappa shape index (κ1) is 21.6. The molecule has 0 unspecified atom stereocenters. The fourth-order valence-electron chi connectivity index (χ4n) is 2.14. The molecule has 2 N–H and O–H groups in total. The average Bonchev–Trinajstić information content (AvgIpc) is 3.15. The monoisotopic (exact) mass is 454 g/mol. The Morgan fingerprint density at radius 2 is 1.70 bits per heavy atom. The van der Waals surface area contributed by atoms with Crippen LogP contribution in [0.5, 0.6) is 5.75 Å². The summed E-state index contributed by atoms with van der Waals surface area (Å²) in [5, 5.41) is 13.2. The highest BCUT2D eigenvalue weighted by Gasteiger charge is 2.30. The smallest absolute Gasteiger partial charge is 0.406 e. The van der Waals surface area contributed by atoms with Gasteiger partial charge in [0.25, 0.3) is 5.91 Å². The van der Waals surface area contributed by atoms with E-state index in [9.17, 15) is 22.8 Å². The van der Waals surface area contributed by atoms with Gasteiger partial charge in [-0.25, -0.2) is 0 Å². The molecule has 12 heteroatoms. The van der Waals surface area contributed by atoms with Crippen LogP contribution >= 0.6 is 23.1 Å². The molecular formula is C18H13F3N4O3S2. The van der Waals surface area contributed by atoms with Crippen molar-refractivity contribution in [3.63, 3.8) is 0 Å². The number of aromatic nitrogens is 2. The van der Waals surface area contributed by atoms with Crippen LogP contribution in [-0.2, 0) is 4.79 Å².